The lowest BCUT2D eigenvalue weighted by Gasteiger charge is -2.40. The summed E-state index contributed by atoms with van der Waals surface area (Å²) >= 11 is 0. The molecule has 1 atom stereocenters. The van der Waals surface area contributed by atoms with Gasteiger partial charge in [0.25, 0.3) is 0 Å². The Morgan fingerprint density at radius 2 is 1.92 bits per heavy atom. The van der Waals surface area contributed by atoms with Crippen molar-refractivity contribution in [1.29, 1.82) is 0 Å². The summed E-state index contributed by atoms with van der Waals surface area (Å²) in [5, 5.41) is 10.4. The molecule has 10 nitrogen and oxygen atoms in total. The van der Waals surface area contributed by atoms with E-state index in [4.69, 9.17) is 18.9 Å². The summed E-state index contributed by atoms with van der Waals surface area (Å²) in [4.78, 5) is 6.76. The van der Waals surface area contributed by atoms with Gasteiger partial charge in [-0.05, 0) is 81.9 Å². The average Bonchev–Trinajstić information content (AvgIpc) is 3.39. The van der Waals surface area contributed by atoms with Gasteiger partial charge in [0.2, 0.25) is 15.9 Å². The Bertz CT molecular complexity index is 1240. The van der Waals surface area contributed by atoms with Crippen molar-refractivity contribution >= 4 is 15.7 Å². The Morgan fingerprint density at radius 1 is 1.18 bits per heavy atom. The summed E-state index contributed by atoms with van der Waals surface area (Å²) in [6, 6.07) is 5.93. The lowest BCUT2D eigenvalue weighted by molar-refractivity contribution is -0.0205. The number of ether oxygens (including phenoxy) is 4. The highest BCUT2D eigenvalue weighted by atomic mass is 32.2. The molecule has 0 bridgehead atoms. The first-order valence-electron chi connectivity index (χ1n) is 13.4. The van der Waals surface area contributed by atoms with Crippen LogP contribution in [0, 0.1) is 5.92 Å². The third-order valence-corrected chi connectivity index (χ3v) is 8.87. The maximum atomic E-state index is 12.5. The van der Waals surface area contributed by atoms with Gasteiger partial charge in [-0.25, -0.2) is 13.4 Å². The van der Waals surface area contributed by atoms with Crippen LogP contribution < -0.4 is 14.2 Å². The maximum absolute atomic E-state index is 12.5. The smallest absolute Gasteiger partial charge is 0.238 e. The van der Waals surface area contributed by atoms with E-state index in [1.54, 1.807) is 12.3 Å². The first kappa shape index (κ1) is 29.5. The molecule has 0 amide bonds. The topological polar surface area (TPSA) is 119 Å². The van der Waals surface area contributed by atoms with Crippen molar-refractivity contribution in [1.82, 2.24) is 9.88 Å². The maximum Gasteiger partial charge on any atom is 0.238 e. The molecule has 0 radical (unpaired) electrons. The van der Waals surface area contributed by atoms with Gasteiger partial charge in [0, 0.05) is 30.5 Å². The molecule has 2 aromatic rings. The molecule has 1 aromatic heterocycles. The van der Waals surface area contributed by atoms with E-state index >= 15 is 0 Å². The quantitative estimate of drug-likeness (QED) is 0.400. The first-order valence-corrected chi connectivity index (χ1v) is 15.0. The number of sulfonamides is 1. The zero-order valence-electron chi connectivity index (χ0n) is 23.5. The number of anilines is 1. The average molecular weight is 564 g/mol. The number of hydrogen-bond donors (Lipinski definition) is 2. The number of methoxy groups -OCH3 is 2. The molecule has 39 heavy (non-hydrogen) atoms. The largest absolute Gasteiger partial charge is 0.492 e. The Kier molecular flexibility index (Phi) is 9.38. The number of benzene rings is 1. The van der Waals surface area contributed by atoms with Crippen LogP contribution >= 0.6 is 0 Å². The molecule has 1 saturated heterocycles. The molecule has 1 aromatic carbocycles. The van der Waals surface area contributed by atoms with E-state index in [9.17, 15) is 13.5 Å². The van der Waals surface area contributed by atoms with Crippen LogP contribution in [0.3, 0.4) is 0 Å². The summed E-state index contributed by atoms with van der Waals surface area (Å²) in [6.45, 7) is 9.39. The zero-order valence-corrected chi connectivity index (χ0v) is 24.3. The standard InChI is InChI=1S/C28H41N3O7S/c1-19(31-8-6-23(7-9-31)28(2,3)32)16-38-26-14-20(12-22-17-37-18-24(22)26)21-13-25(27(36-5)29-15-21)30-39(33,34)11-10-35-4/h12-15,19,23,30,32H,6-11,16-18H2,1-5H3/t19-/m1/s1. The third kappa shape index (κ3) is 7.40. The number of fused-ring (bicyclic) bond motifs is 1. The van der Waals surface area contributed by atoms with Crippen LogP contribution in [-0.4, -0.2) is 81.3 Å². The van der Waals surface area contributed by atoms with Gasteiger partial charge >= 0.3 is 0 Å². The number of rotatable bonds is 12. The second kappa shape index (κ2) is 12.4. The van der Waals surface area contributed by atoms with E-state index in [1.807, 2.05) is 26.0 Å². The summed E-state index contributed by atoms with van der Waals surface area (Å²) in [7, 11) is -0.744. The molecule has 0 saturated carbocycles. The highest BCUT2D eigenvalue weighted by Gasteiger charge is 2.32. The normalized spacial score (nSPS) is 17.6. The molecule has 1 fully saturated rings. The van der Waals surface area contributed by atoms with Gasteiger partial charge in [0.1, 0.15) is 18.0 Å². The van der Waals surface area contributed by atoms with Crippen LogP contribution in [-0.2, 0) is 32.7 Å². The molecule has 2 aliphatic rings. The predicted molar refractivity (Wildman–Crippen MR) is 150 cm³/mol. The van der Waals surface area contributed by atoms with Crippen molar-refractivity contribution in [3.05, 3.63) is 35.5 Å². The molecular weight excluding hydrogens is 522 g/mol. The van der Waals surface area contributed by atoms with Gasteiger partial charge < -0.3 is 24.1 Å². The van der Waals surface area contributed by atoms with Gasteiger partial charge in [-0.1, -0.05) is 0 Å². The summed E-state index contributed by atoms with van der Waals surface area (Å²) in [5.41, 5.74) is 3.26. The minimum atomic E-state index is -3.64. The second-order valence-electron chi connectivity index (χ2n) is 10.9. The summed E-state index contributed by atoms with van der Waals surface area (Å²) < 4.78 is 49.9. The highest BCUT2D eigenvalue weighted by Crippen LogP contribution is 2.37. The van der Waals surface area contributed by atoms with E-state index in [0.29, 0.717) is 25.7 Å². The zero-order chi connectivity index (χ0) is 28.2. The number of aromatic nitrogens is 1. The fourth-order valence-corrected chi connectivity index (χ4v) is 6.14. The summed E-state index contributed by atoms with van der Waals surface area (Å²) in [6.07, 6.45) is 3.59. The van der Waals surface area contributed by atoms with Gasteiger partial charge in [0.15, 0.2) is 0 Å². The van der Waals surface area contributed by atoms with Gasteiger partial charge in [0.05, 0.1) is 38.3 Å². The number of piperidine rings is 1. The predicted octanol–water partition coefficient (Wildman–Crippen LogP) is 3.43. The molecule has 2 aliphatic heterocycles. The van der Waals surface area contributed by atoms with Gasteiger partial charge in [-0.15, -0.1) is 0 Å². The Morgan fingerprint density at radius 3 is 2.59 bits per heavy atom. The molecule has 0 spiro atoms. The SMILES string of the molecule is COCCS(=O)(=O)Nc1cc(-c2cc3c(c(OC[C@@H](C)N4CCC(C(C)(C)O)CC4)c2)COC3)cnc1OC. The molecule has 2 N–H and O–H groups in total. The van der Waals surface area contributed by atoms with Crippen LogP contribution in [0.2, 0.25) is 0 Å². The van der Waals surface area contributed by atoms with Crippen molar-refractivity contribution in [2.75, 3.05) is 51.0 Å². The Balaban J connectivity index is 1.51. The first-order chi connectivity index (χ1) is 18.5. The number of hydrogen-bond acceptors (Lipinski definition) is 9. The minimum Gasteiger partial charge on any atom is -0.492 e. The van der Waals surface area contributed by atoms with E-state index in [-0.39, 0.29) is 30.0 Å². The fourth-order valence-electron chi connectivity index (χ4n) is 5.17. The molecule has 4 rings (SSSR count). The Labute approximate surface area is 231 Å². The number of pyridine rings is 1. The molecule has 11 heteroatoms. The third-order valence-electron chi connectivity index (χ3n) is 7.64. The second-order valence-corrected chi connectivity index (χ2v) is 12.8. The fraction of sp³-hybridized carbons (Fsp3) is 0.607. The number of nitrogens with zero attached hydrogens (tertiary/aromatic N) is 2. The lowest BCUT2D eigenvalue weighted by Crippen LogP contribution is -2.46. The van der Waals surface area contributed by atoms with Crippen LogP contribution in [0.15, 0.2) is 24.4 Å². The van der Waals surface area contributed by atoms with E-state index in [2.05, 4.69) is 21.5 Å². The van der Waals surface area contributed by atoms with Crippen molar-refractivity contribution in [3.63, 3.8) is 0 Å². The molecular formula is C28H41N3O7S. The van der Waals surface area contributed by atoms with Crippen LogP contribution in [0.5, 0.6) is 11.6 Å². The number of nitrogens with one attached hydrogen (secondary N) is 1. The summed E-state index contributed by atoms with van der Waals surface area (Å²) in [5.74, 6) is 1.07. The molecule has 0 aliphatic carbocycles. The van der Waals surface area contributed by atoms with Gasteiger partial charge in [-0.2, -0.15) is 0 Å². The number of aliphatic hydroxyl groups is 1. The van der Waals surface area contributed by atoms with Crippen LogP contribution in [0.25, 0.3) is 11.1 Å². The van der Waals surface area contributed by atoms with Gasteiger partial charge in [-0.3, -0.25) is 9.62 Å². The van der Waals surface area contributed by atoms with Crippen molar-refractivity contribution in [2.45, 2.75) is 58.5 Å². The monoisotopic (exact) mass is 563 g/mol. The highest BCUT2D eigenvalue weighted by molar-refractivity contribution is 7.92. The van der Waals surface area contributed by atoms with Crippen LogP contribution in [0.4, 0.5) is 5.69 Å². The van der Waals surface area contributed by atoms with Crippen molar-refractivity contribution in [2.24, 2.45) is 5.92 Å². The minimum absolute atomic E-state index is 0.0755. The van der Waals surface area contributed by atoms with E-state index < -0.39 is 15.6 Å². The Hall–Kier alpha value is -2.44. The van der Waals surface area contributed by atoms with Crippen LogP contribution in [0.1, 0.15) is 44.7 Å². The van der Waals surface area contributed by atoms with Crippen molar-refractivity contribution in [3.8, 4) is 22.8 Å². The van der Waals surface area contributed by atoms with E-state index in [1.165, 1.54) is 14.2 Å². The lowest BCUT2D eigenvalue weighted by atomic mass is 9.83. The van der Waals surface area contributed by atoms with E-state index in [0.717, 1.165) is 53.9 Å². The van der Waals surface area contributed by atoms with Crippen molar-refractivity contribution < 1.29 is 32.5 Å². The molecule has 3 heterocycles. The molecule has 216 valence electrons. The number of likely N-dealkylation sites (tertiary alicyclic amines) is 1. The molecule has 0 unspecified atom stereocenters.